The number of methoxy groups -OCH3 is 2. The lowest BCUT2D eigenvalue weighted by molar-refractivity contribution is -0.143. The van der Waals surface area contributed by atoms with Crippen LogP contribution in [0.5, 0.6) is 0 Å². The van der Waals surface area contributed by atoms with E-state index in [-0.39, 0.29) is 36.7 Å². The monoisotopic (exact) mass is 559 g/mol. The van der Waals surface area contributed by atoms with Gasteiger partial charge in [-0.25, -0.2) is 14.2 Å². The summed E-state index contributed by atoms with van der Waals surface area (Å²) in [6, 6.07) is 7.32. The minimum Gasteiger partial charge on any atom is -0.469 e. The number of esters is 1. The molecule has 2 aliphatic carbocycles. The Hall–Kier alpha value is -2.68. The molecule has 0 bridgehead atoms. The number of ether oxygens (including phenoxy) is 3. The second-order valence-corrected chi connectivity index (χ2v) is 12.0. The molecule has 1 aromatic carbocycles. The van der Waals surface area contributed by atoms with Gasteiger partial charge < -0.3 is 24.0 Å². The van der Waals surface area contributed by atoms with Crippen LogP contribution in [-0.4, -0.2) is 74.4 Å². The van der Waals surface area contributed by atoms with Crippen molar-refractivity contribution in [3.8, 4) is 0 Å². The second-order valence-electron chi connectivity index (χ2n) is 12.0. The van der Waals surface area contributed by atoms with E-state index in [1.165, 1.54) is 33.5 Å². The molecule has 222 valence electrons. The smallest absolute Gasteiger partial charge is 0.469 e. The van der Waals surface area contributed by atoms with Crippen LogP contribution in [0.15, 0.2) is 29.3 Å². The summed E-state index contributed by atoms with van der Waals surface area (Å²) in [6.07, 6.45) is 12.3. The van der Waals surface area contributed by atoms with E-state index in [1.807, 2.05) is 18.5 Å². The molecule has 2 saturated carbocycles. The summed E-state index contributed by atoms with van der Waals surface area (Å²) in [5.74, 6) is 0.343. The number of hydrogen-bond acceptors (Lipinski definition) is 8. The molecule has 0 spiro atoms. The van der Waals surface area contributed by atoms with Crippen molar-refractivity contribution in [2.75, 3.05) is 28.3 Å². The lowest BCUT2D eigenvalue weighted by atomic mass is 9.73. The van der Waals surface area contributed by atoms with Crippen molar-refractivity contribution in [2.45, 2.75) is 101 Å². The zero-order chi connectivity index (χ0) is 28.7. The molecule has 9 heteroatoms. The maximum Gasteiger partial charge on any atom is 0.510 e. The molecule has 0 amide bonds. The SMILES string of the molecule is COC(=O)CCC1(OC(=O)OC)N=CN(C2CCCCC2)C1CC1CCC(C(c2ccc(F)cc2)N(C)C)CC1. The van der Waals surface area contributed by atoms with Crippen LogP contribution in [0.4, 0.5) is 9.18 Å². The Morgan fingerprint density at radius 3 is 2.30 bits per heavy atom. The molecule has 0 N–H and O–H groups in total. The van der Waals surface area contributed by atoms with E-state index in [9.17, 15) is 14.0 Å². The molecule has 0 radical (unpaired) electrons. The van der Waals surface area contributed by atoms with Gasteiger partial charge in [-0.1, -0.05) is 44.2 Å². The quantitative estimate of drug-likeness (QED) is 0.320. The summed E-state index contributed by atoms with van der Waals surface area (Å²) in [4.78, 5) is 34.0. The molecule has 3 atom stereocenters. The summed E-state index contributed by atoms with van der Waals surface area (Å²) < 4.78 is 29.3. The van der Waals surface area contributed by atoms with Gasteiger partial charge in [-0.2, -0.15) is 0 Å². The fourth-order valence-corrected chi connectivity index (χ4v) is 7.25. The number of nitrogens with zero attached hydrogens (tertiary/aromatic N) is 3. The van der Waals surface area contributed by atoms with Gasteiger partial charge in [0.2, 0.25) is 5.72 Å². The van der Waals surface area contributed by atoms with Gasteiger partial charge in [-0.05, 0) is 75.7 Å². The Labute approximate surface area is 238 Å². The molecule has 3 aliphatic rings. The highest BCUT2D eigenvalue weighted by atomic mass is 19.1. The van der Waals surface area contributed by atoms with Crippen LogP contribution in [0.3, 0.4) is 0 Å². The lowest BCUT2D eigenvalue weighted by Gasteiger charge is -2.44. The molecule has 1 aromatic rings. The lowest BCUT2D eigenvalue weighted by Crippen LogP contribution is -2.53. The predicted molar refractivity (Wildman–Crippen MR) is 151 cm³/mol. The number of aliphatic imine (C=N–C) groups is 1. The van der Waals surface area contributed by atoms with Gasteiger partial charge in [0.15, 0.2) is 0 Å². The van der Waals surface area contributed by atoms with Crippen molar-refractivity contribution < 1.29 is 28.2 Å². The Bertz CT molecular complexity index is 1000. The number of rotatable bonds is 10. The third-order valence-electron chi connectivity index (χ3n) is 9.29. The molecular formula is C31H46FN3O5. The Morgan fingerprint density at radius 2 is 1.70 bits per heavy atom. The van der Waals surface area contributed by atoms with Crippen molar-refractivity contribution in [1.29, 1.82) is 0 Å². The number of hydrogen-bond donors (Lipinski definition) is 0. The van der Waals surface area contributed by atoms with Crippen LogP contribution in [0, 0.1) is 17.7 Å². The van der Waals surface area contributed by atoms with Gasteiger partial charge in [-0.15, -0.1) is 0 Å². The van der Waals surface area contributed by atoms with Crippen molar-refractivity contribution in [1.82, 2.24) is 9.80 Å². The van der Waals surface area contributed by atoms with Gasteiger partial charge in [0.05, 0.1) is 33.0 Å². The van der Waals surface area contributed by atoms with Crippen molar-refractivity contribution in [3.05, 3.63) is 35.6 Å². The Kier molecular flexibility index (Phi) is 10.4. The third-order valence-corrected chi connectivity index (χ3v) is 9.29. The number of benzene rings is 1. The zero-order valence-corrected chi connectivity index (χ0v) is 24.5. The molecular weight excluding hydrogens is 513 g/mol. The summed E-state index contributed by atoms with van der Waals surface area (Å²) in [7, 11) is 6.85. The molecule has 4 rings (SSSR count). The van der Waals surface area contributed by atoms with Gasteiger partial charge in [0.1, 0.15) is 5.82 Å². The summed E-state index contributed by atoms with van der Waals surface area (Å²) >= 11 is 0. The number of halogens is 1. The molecule has 0 aromatic heterocycles. The van der Waals surface area contributed by atoms with Crippen molar-refractivity contribution in [3.63, 3.8) is 0 Å². The first-order chi connectivity index (χ1) is 19.3. The average Bonchev–Trinajstić information content (AvgIpc) is 3.31. The minimum absolute atomic E-state index is 0.106. The zero-order valence-electron chi connectivity index (χ0n) is 24.5. The largest absolute Gasteiger partial charge is 0.510 e. The predicted octanol–water partition coefficient (Wildman–Crippen LogP) is 6.10. The van der Waals surface area contributed by atoms with Crippen LogP contribution in [-0.2, 0) is 19.0 Å². The summed E-state index contributed by atoms with van der Waals surface area (Å²) in [5.41, 5.74) is -0.0358. The van der Waals surface area contributed by atoms with Crippen LogP contribution >= 0.6 is 0 Å². The Balaban J connectivity index is 1.51. The van der Waals surface area contributed by atoms with Gasteiger partial charge in [-0.3, -0.25) is 4.79 Å². The van der Waals surface area contributed by atoms with E-state index in [1.54, 1.807) is 12.1 Å². The molecule has 8 nitrogen and oxygen atoms in total. The molecule has 1 heterocycles. The highest BCUT2D eigenvalue weighted by molar-refractivity contribution is 5.70. The maximum atomic E-state index is 13.6. The van der Waals surface area contributed by atoms with Crippen LogP contribution in [0.2, 0.25) is 0 Å². The van der Waals surface area contributed by atoms with E-state index in [0.29, 0.717) is 17.9 Å². The Morgan fingerprint density at radius 1 is 1.02 bits per heavy atom. The first kappa shape index (κ1) is 30.3. The molecule has 3 unspecified atom stereocenters. The van der Waals surface area contributed by atoms with E-state index >= 15 is 0 Å². The summed E-state index contributed by atoms with van der Waals surface area (Å²) in [6.45, 7) is 0. The average molecular weight is 560 g/mol. The highest BCUT2D eigenvalue weighted by Crippen LogP contribution is 2.45. The highest BCUT2D eigenvalue weighted by Gasteiger charge is 2.51. The topological polar surface area (TPSA) is 80.7 Å². The van der Waals surface area contributed by atoms with Gasteiger partial charge >= 0.3 is 12.1 Å². The van der Waals surface area contributed by atoms with Crippen LogP contribution in [0.25, 0.3) is 0 Å². The fourth-order valence-electron chi connectivity index (χ4n) is 7.25. The van der Waals surface area contributed by atoms with Crippen molar-refractivity contribution >= 4 is 18.5 Å². The summed E-state index contributed by atoms with van der Waals surface area (Å²) in [5, 5.41) is 0. The standard InChI is InChI=1S/C31H46FN3O5/c1-34(2)29(24-14-16-25(32)17-15-24)23-12-10-22(11-13-23)20-27-31(40-30(37)39-4,19-18-28(36)38-3)33-21-35(27)26-8-6-5-7-9-26/h14-17,21-23,26-27,29H,5-13,18-20H2,1-4H3. The maximum absolute atomic E-state index is 13.6. The normalized spacial score (nSPS) is 27.9. The molecule has 1 aliphatic heterocycles. The second kappa shape index (κ2) is 13.8. The van der Waals surface area contributed by atoms with Crippen LogP contribution < -0.4 is 0 Å². The van der Waals surface area contributed by atoms with E-state index in [4.69, 9.17) is 19.2 Å². The van der Waals surface area contributed by atoms with Crippen molar-refractivity contribution in [2.24, 2.45) is 16.8 Å². The van der Waals surface area contributed by atoms with E-state index in [0.717, 1.165) is 50.5 Å². The molecule has 2 fully saturated rings. The minimum atomic E-state index is -1.18. The molecule has 0 saturated heterocycles. The van der Waals surface area contributed by atoms with E-state index < -0.39 is 11.9 Å². The number of carbonyl (C=O) groups is 2. The third kappa shape index (κ3) is 7.14. The first-order valence-electron chi connectivity index (χ1n) is 14.8. The van der Waals surface area contributed by atoms with Gasteiger partial charge in [0, 0.05) is 18.5 Å². The van der Waals surface area contributed by atoms with E-state index in [2.05, 4.69) is 23.9 Å². The number of carbonyl (C=O) groups excluding carboxylic acids is 2. The van der Waals surface area contributed by atoms with Gasteiger partial charge in [0.25, 0.3) is 0 Å². The van der Waals surface area contributed by atoms with Crippen LogP contribution in [0.1, 0.15) is 88.7 Å². The molecule has 40 heavy (non-hydrogen) atoms. The first-order valence-corrected chi connectivity index (χ1v) is 14.8. The fraction of sp³-hybridized carbons (Fsp3) is 0.710.